The minimum Gasteiger partial charge on any atom is -0.494 e. The Morgan fingerprint density at radius 2 is 2.24 bits per heavy atom. The zero-order chi connectivity index (χ0) is 17.6. The molecule has 0 bridgehead atoms. The third-order valence-electron chi connectivity index (χ3n) is 4.96. The van der Waals surface area contributed by atoms with Crippen LogP contribution < -0.4 is 4.74 Å². The van der Waals surface area contributed by atoms with Crippen LogP contribution >= 0.6 is 0 Å². The van der Waals surface area contributed by atoms with Crippen molar-refractivity contribution < 1.29 is 9.53 Å². The molecular formula is C20H27N3O2. The van der Waals surface area contributed by atoms with E-state index in [2.05, 4.69) is 35.9 Å². The number of nitrogens with zero attached hydrogens (tertiary/aromatic N) is 2. The topological polar surface area (TPSA) is 58.2 Å². The molecule has 1 aliphatic heterocycles. The molecule has 0 aliphatic carbocycles. The SMILES string of the molecule is Cc1ccc(OCCCC(=O)N2CCCC(c3ncc[nH]3)C2)cc1C. The minimum atomic E-state index is 0.222. The number of carbonyl (C=O) groups is 1. The first-order chi connectivity index (χ1) is 12.1. The Morgan fingerprint density at radius 1 is 1.36 bits per heavy atom. The van der Waals surface area contributed by atoms with Gasteiger partial charge in [-0.1, -0.05) is 6.07 Å². The summed E-state index contributed by atoms with van der Waals surface area (Å²) < 4.78 is 5.77. The summed E-state index contributed by atoms with van der Waals surface area (Å²) in [5.74, 6) is 2.43. The second kappa shape index (κ2) is 8.19. The van der Waals surface area contributed by atoms with Crippen molar-refractivity contribution in [2.75, 3.05) is 19.7 Å². The molecule has 5 nitrogen and oxygen atoms in total. The van der Waals surface area contributed by atoms with Gasteiger partial charge in [-0.25, -0.2) is 4.98 Å². The van der Waals surface area contributed by atoms with Crippen LogP contribution in [-0.4, -0.2) is 40.5 Å². The summed E-state index contributed by atoms with van der Waals surface area (Å²) >= 11 is 0. The van der Waals surface area contributed by atoms with Crippen molar-refractivity contribution >= 4 is 5.91 Å². The van der Waals surface area contributed by atoms with Gasteiger partial charge in [-0.3, -0.25) is 4.79 Å². The summed E-state index contributed by atoms with van der Waals surface area (Å²) in [6.45, 7) is 6.37. The van der Waals surface area contributed by atoms with E-state index in [4.69, 9.17) is 4.74 Å². The van der Waals surface area contributed by atoms with Crippen LogP contribution in [0.25, 0.3) is 0 Å². The molecule has 1 aromatic carbocycles. The van der Waals surface area contributed by atoms with Crippen LogP contribution in [0.3, 0.4) is 0 Å². The van der Waals surface area contributed by atoms with E-state index in [-0.39, 0.29) is 5.91 Å². The summed E-state index contributed by atoms with van der Waals surface area (Å²) in [6.07, 6.45) is 7.04. The molecule has 134 valence electrons. The molecule has 0 saturated carbocycles. The lowest BCUT2D eigenvalue weighted by atomic mass is 9.97. The molecule has 1 amide bonds. The van der Waals surface area contributed by atoms with Crippen LogP contribution in [-0.2, 0) is 4.79 Å². The molecule has 1 saturated heterocycles. The highest BCUT2D eigenvalue weighted by Gasteiger charge is 2.25. The molecule has 1 unspecified atom stereocenters. The Kier molecular flexibility index (Phi) is 5.74. The van der Waals surface area contributed by atoms with Gasteiger partial charge in [0.15, 0.2) is 0 Å². The Morgan fingerprint density at radius 3 is 3.00 bits per heavy atom. The molecule has 1 fully saturated rings. The second-order valence-corrected chi connectivity index (χ2v) is 6.85. The average molecular weight is 341 g/mol. The predicted octanol–water partition coefficient (Wildman–Crippen LogP) is 3.59. The van der Waals surface area contributed by atoms with E-state index in [1.807, 2.05) is 17.2 Å². The number of aromatic nitrogens is 2. The average Bonchev–Trinajstić information content (AvgIpc) is 3.16. The van der Waals surface area contributed by atoms with Gasteiger partial charge >= 0.3 is 0 Å². The number of ether oxygens (including phenoxy) is 1. The quantitative estimate of drug-likeness (QED) is 0.817. The normalized spacial score (nSPS) is 17.5. The van der Waals surface area contributed by atoms with Gasteiger partial charge in [0, 0.05) is 37.8 Å². The van der Waals surface area contributed by atoms with E-state index < -0.39 is 0 Å². The fourth-order valence-electron chi connectivity index (χ4n) is 3.30. The first kappa shape index (κ1) is 17.5. The van der Waals surface area contributed by atoms with E-state index in [9.17, 15) is 4.79 Å². The zero-order valence-corrected chi connectivity index (χ0v) is 15.1. The molecular weight excluding hydrogens is 314 g/mol. The number of benzene rings is 1. The molecule has 5 heteroatoms. The van der Waals surface area contributed by atoms with Crippen molar-refractivity contribution in [3.63, 3.8) is 0 Å². The lowest BCUT2D eigenvalue weighted by Crippen LogP contribution is -2.39. The third kappa shape index (κ3) is 4.62. The maximum absolute atomic E-state index is 12.5. The predicted molar refractivity (Wildman–Crippen MR) is 97.8 cm³/mol. The summed E-state index contributed by atoms with van der Waals surface area (Å²) in [5.41, 5.74) is 2.49. The summed E-state index contributed by atoms with van der Waals surface area (Å²) in [7, 11) is 0. The molecule has 1 N–H and O–H groups in total. The number of amides is 1. The second-order valence-electron chi connectivity index (χ2n) is 6.85. The number of aromatic amines is 1. The molecule has 1 aliphatic rings. The number of hydrogen-bond acceptors (Lipinski definition) is 3. The third-order valence-corrected chi connectivity index (χ3v) is 4.96. The zero-order valence-electron chi connectivity index (χ0n) is 15.1. The van der Waals surface area contributed by atoms with Crippen LogP contribution in [0, 0.1) is 13.8 Å². The van der Waals surface area contributed by atoms with Crippen molar-refractivity contribution in [1.29, 1.82) is 0 Å². The highest BCUT2D eigenvalue weighted by atomic mass is 16.5. The summed E-state index contributed by atoms with van der Waals surface area (Å²) in [5, 5.41) is 0. The Hall–Kier alpha value is -2.30. The van der Waals surface area contributed by atoms with Gasteiger partial charge in [-0.15, -0.1) is 0 Å². The van der Waals surface area contributed by atoms with E-state index in [1.165, 1.54) is 11.1 Å². The smallest absolute Gasteiger partial charge is 0.222 e. The lowest BCUT2D eigenvalue weighted by Gasteiger charge is -2.32. The van der Waals surface area contributed by atoms with Crippen LogP contribution in [0.2, 0.25) is 0 Å². The number of likely N-dealkylation sites (tertiary alicyclic amines) is 1. The van der Waals surface area contributed by atoms with Gasteiger partial charge in [-0.05, 0) is 56.4 Å². The molecule has 3 rings (SSSR count). The summed E-state index contributed by atoms with van der Waals surface area (Å²) in [4.78, 5) is 22.0. The Labute approximate surface area is 149 Å². The van der Waals surface area contributed by atoms with Gasteiger partial charge in [0.1, 0.15) is 11.6 Å². The maximum Gasteiger partial charge on any atom is 0.222 e. The number of aryl methyl sites for hydroxylation is 2. The maximum atomic E-state index is 12.5. The number of nitrogens with one attached hydrogen (secondary N) is 1. The Balaban J connectivity index is 1.42. The van der Waals surface area contributed by atoms with E-state index >= 15 is 0 Å². The van der Waals surface area contributed by atoms with Gasteiger partial charge in [-0.2, -0.15) is 0 Å². The number of H-pyrrole nitrogens is 1. The highest BCUT2D eigenvalue weighted by molar-refractivity contribution is 5.76. The monoisotopic (exact) mass is 341 g/mol. The number of piperidine rings is 1. The molecule has 1 aromatic heterocycles. The van der Waals surface area contributed by atoms with Crippen molar-refractivity contribution in [3.05, 3.63) is 47.5 Å². The fourth-order valence-corrected chi connectivity index (χ4v) is 3.30. The largest absolute Gasteiger partial charge is 0.494 e. The van der Waals surface area contributed by atoms with Crippen molar-refractivity contribution in [1.82, 2.24) is 14.9 Å². The molecule has 0 radical (unpaired) electrons. The van der Waals surface area contributed by atoms with Gasteiger partial charge in [0.2, 0.25) is 5.91 Å². The van der Waals surface area contributed by atoms with Gasteiger partial charge in [0.05, 0.1) is 6.61 Å². The molecule has 2 aromatic rings. The van der Waals surface area contributed by atoms with Crippen LogP contribution in [0.1, 0.15) is 48.6 Å². The van der Waals surface area contributed by atoms with Crippen LogP contribution in [0.5, 0.6) is 5.75 Å². The number of carbonyl (C=O) groups excluding carboxylic acids is 1. The fraction of sp³-hybridized carbons (Fsp3) is 0.500. The van der Waals surface area contributed by atoms with E-state index in [1.54, 1.807) is 6.20 Å². The number of hydrogen-bond donors (Lipinski definition) is 1. The standard InChI is InChI=1S/C20H27N3O2/c1-15-7-8-18(13-16(15)2)25-12-4-6-19(24)23-11-3-5-17(14-23)20-21-9-10-22-20/h7-10,13,17H,3-6,11-12,14H2,1-2H3,(H,21,22). The molecule has 2 heterocycles. The first-order valence-electron chi connectivity index (χ1n) is 9.10. The van der Waals surface area contributed by atoms with Crippen LogP contribution in [0.15, 0.2) is 30.6 Å². The van der Waals surface area contributed by atoms with Crippen molar-refractivity contribution in [2.45, 2.75) is 45.4 Å². The number of imidazole rings is 1. The minimum absolute atomic E-state index is 0.222. The molecule has 1 atom stereocenters. The van der Waals surface area contributed by atoms with Gasteiger partial charge < -0.3 is 14.6 Å². The number of rotatable bonds is 6. The molecule has 0 spiro atoms. The lowest BCUT2D eigenvalue weighted by molar-refractivity contribution is -0.132. The summed E-state index contributed by atoms with van der Waals surface area (Å²) in [6, 6.07) is 6.11. The van der Waals surface area contributed by atoms with Crippen molar-refractivity contribution in [3.8, 4) is 5.75 Å². The van der Waals surface area contributed by atoms with E-state index in [0.717, 1.165) is 43.9 Å². The van der Waals surface area contributed by atoms with Gasteiger partial charge in [0.25, 0.3) is 0 Å². The highest BCUT2D eigenvalue weighted by Crippen LogP contribution is 2.24. The molecule has 25 heavy (non-hydrogen) atoms. The first-order valence-corrected chi connectivity index (χ1v) is 9.10. The van der Waals surface area contributed by atoms with Crippen LogP contribution in [0.4, 0.5) is 0 Å². The van der Waals surface area contributed by atoms with E-state index in [0.29, 0.717) is 18.9 Å². The van der Waals surface area contributed by atoms with Crippen molar-refractivity contribution in [2.24, 2.45) is 0 Å². The Bertz CT molecular complexity index is 697.